The molecule has 7 nitrogen and oxygen atoms in total. The molecule has 36 heavy (non-hydrogen) atoms. The van der Waals surface area contributed by atoms with Gasteiger partial charge in [0.05, 0.1) is 53.9 Å². The molecule has 0 amide bonds. The number of hydrogen-bond donors (Lipinski definition) is 1. The van der Waals surface area contributed by atoms with Crippen LogP contribution >= 0.6 is 11.6 Å². The van der Waals surface area contributed by atoms with Crippen LogP contribution in [0.15, 0.2) is 53.7 Å². The minimum absolute atomic E-state index is 0.0487. The predicted molar refractivity (Wildman–Crippen MR) is 140 cm³/mol. The topological polar surface area (TPSA) is 79.7 Å². The van der Waals surface area contributed by atoms with E-state index in [1.807, 2.05) is 24.3 Å². The van der Waals surface area contributed by atoms with Crippen molar-refractivity contribution in [3.63, 3.8) is 0 Å². The van der Waals surface area contributed by atoms with Crippen LogP contribution in [-0.4, -0.2) is 66.4 Å². The van der Waals surface area contributed by atoms with Gasteiger partial charge in [0.25, 0.3) is 0 Å². The first-order valence-corrected chi connectivity index (χ1v) is 12.4. The first-order valence-electron chi connectivity index (χ1n) is 12.0. The number of carbonyl (C=O) groups is 1. The number of methoxy groups -OCH3 is 1. The lowest BCUT2D eigenvalue weighted by molar-refractivity contribution is -0.147. The molecule has 0 saturated carbocycles. The number of ether oxygens (including phenoxy) is 1. The number of nitrogens with one attached hydrogen (secondary N) is 1. The second kappa shape index (κ2) is 10.7. The van der Waals surface area contributed by atoms with Crippen LogP contribution in [0.3, 0.4) is 0 Å². The van der Waals surface area contributed by atoms with Crippen molar-refractivity contribution in [1.29, 1.82) is 0 Å². The molecule has 0 bridgehead atoms. The van der Waals surface area contributed by atoms with Gasteiger partial charge in [-0.2, -0.15) is 0 Å². The molecule has 1 unspecified atom stereocenters. The number of halogens is 2. The summed E-state index contributed by atoms with van der Waals surface area (Å²) in [6.45, 7) is 3.70. The van der Waals surface area contributed by atoms with Crippen LogP contribution in [0.1, 0.15) is 24.1 Å². The summed E-state index contributed by atoms with van der Waals surface area (Å²) in [6.07, 6.45) is 5.61. The van der Waals surface area contributed by atoms with E-state index in [-0.39, 0.29) is 17.7 Å². The lowest BCUT2D eigenvalue weighted by Gasteiger charge is -2.31. The Labute approximate surface area is 214 Å². The quantitative estimate of drug-likeness (QED) is 0.471. The molecular formula is C27H27ClFN5O2. The largest absolute Gasteiger partial charge is 0.469 e. The van der Waals surface area contributed by atoms with Gasteiger partial charge in [0.15, 0.2) is 0 Å². The second-order valence-electron chi connectivity index (χ2n) is 8.98. The van der Waals surface area contributed by atoms with Gasteiger partial charge in [-0.3, -0.25) is 14.8 Å². The van der Waals surface area contributed by atoms with E-state index in [2.05, 4.69) is 20.2 Å². The average molecular weight is 508 g/mol. The number of allylic oxidation sites excluding steroid dienone is 1. The summed E-state index contributed by atoms with van der Waals surface area (Å²) in [6, 6.07) is 10.2. The lowest BCUT2D eigenvalue weighted by atomic mass is 9.98. The molecule has 0 spiro atoms. The molecule has 3 aromatic rings. The SMILES string of the molecule is COC(=O)C1CCCN(CCNc2cnc3ccc(C4=CCN=C4c4cc(Cl)ccc4F)nc3c2)C1. The van der Waals surface area contributed by atoms with Crippen LogP contribution < -0.4 is 5.32 Å². The first kappa shape index (κ1) is 24.3. The highest BCUT2D eigenvalue weighted by Gasteiger charge is 2.26. The van der Waals surface area contributed by atoms with Gasteiger partial charge in [-0.15, -0.1) is 0 Å². The molecule has 1 aromatic carbocycles. The predicted octanol–water partition coefficient (Wildman–Crippen LogP) is 4.61. The van der Waals surface area contributed by atoms with Gasteiger partial charge in [-0.25, -0.2) is 9.37 Å². The molecule has 2 aliphatic rings. The lowest BCUT2D eigenvalue weighted by Crippen LogP contribution is -2.41. The van der Waals surface area contributed by atoms with Gasteiger partial charge < -0.3 is 15.0 Å². The second-order valence-corrected chi connectivity index (χ2v) is 9.42. The van der Waals surface area contributed by atoms with Crippen molar-refractivity contribution >= 4 is 45.6 Å². The Morgan fingerprint density at radius 1 is 1.25 bits per heavy atom. The fourth-order valence-corrected chi connectivity index (χ4v) is 4.95. The fraction of sp³-hybridized carbons (Fsp3) is 0.333. The zero-order chi connectivity index (χ0) is 25.1. The van der Waals surface area contributed by atoms with Crippen molar-refractivity contribution in [2.75, 3.05) is 45.2 Å². The molecule has 0 aliphatic carbocycles. The highest BCUT2D eigenvalue weighted by Crippen LogP contribution is 2.28. The number of rotatable bonds is 7. The molecule has 1 saturated heterocycles. The molecule has 1 atom stereocenters. The van der Waals surface area contributed by atoms with E-state index in [9.17, 15) is 9.18 Å². The number of likely N-dealkylation sites (tertiary alicyclic amines) is 1. The van der Waals surface area contributed by atoms with Crippen LogP contribution in [0.2, 0.25) is 5.02 Å². The first-order chi connectivity index (χ1) is 17.5. The molecule has 5 rings (SSSR count). The minimum atomic E-state index is -0.369. The molecule has 2 aromatic heterocycles. The standard InChI is InChI=1S/C27H27ClFN5O2/c1-36-27(35)17-3-2-11-34(16-17)12-10-30-19-14-25-24(32-15-19)7-6-23(33-25)20-8-9-31-26(20)21-13-18(28)4-5-22(21)29/h4-8,13-15,17,30H,2-3,9-12,16H2,1H3. The van der Waals surface area contributed by atoms with Crippen molar-refractivity contribution in [2.24, 2.45) is 10.9 Å². The number of esters is 1. The maximum atomic E-state index is 14.5. The maximum Gasteiger partial charge on any atom is 0.309 e. The van der Waals surface area contributed by atoms with Crippen molar-refractivity contribution < 1.29 is 13.9 Å². The van der Waals surface area contributed by atoms with Crippen molar-refractivity contribution in [3.8, 4) is 0 Å². The molecule has 186 valence electrons. The number of nitrogens with zero attached hydrogens (tertiary/aromatic N) is 4. The molecule has 2 aliphatic heterocycles. The van der Waals surface area contributed by atoms with Crippen molar-refractivity contribution in [3.05, 3.63) is 70.8 Å². The molecular weight excluding hydrogens is 481 g/mol. The molecule has 9 heteroatoms. The van der Waals surface area contributed by atoms with Crippen LogP contribution in [-0.2, 0) is 9.53 Å². The van der Waals surface area contributed by atoms with E-state index in [0.717, 1.165) is 61.3 Å². The minimum Gasteiger partial charge on any atom is -0.469 e. The molecule has 4 heterocycles. The number of carbonyl (C=O) groups excluding carboxylic acids is 1. The van der Waals surface area contributed by atoms with E-state index < -0.39 is 0 Å². The summed E-state index contributed by atoms with van der Waals surface area (Å²) >= 11 is 6.11. The van der Waals surface area contributed by atoms with Gasteiger partial charge in [-0.05, 0) is 55.8 Å². The fourth-order valence-electron chi connectivity index (χ4n) is 4.77. The number of pyridine rings is 2. The van der Waals surface area contributed by atoms with E-state index >= 15 is 0 Å². The molecule has 1 N–H and O–H groups in total. The summed E-state index contributed by atoms with van der Waals surface area (Å²) in [5.41, 5.74) is 4.78. The van der Waals surface area contributed by atoms with Gasteiger partial charge in [0.1, 0.15) is 5.82 Å². The number of aliphatic imine (C=N–C) groups is 1. The summed E-state index contributed by atoms with van der Waals surface area (Å²) in [5.74, 6) is -0.545. The Bertz CT molecular complexity index is 1360. The highest BCUT2D eigenvalue weighted by molar-refractivity contribution is 6.35. The molecule has 0 radical (unpaired) electrons. The van der Waals surface area contributed by atoms with Crippen molar-refractivity contribution in [1.82, 2.24) is 14.9 Å². The van der Waals surface area contributed by atoms with Crippen LogP contribution in [0.5, 0.6) is 0 Å². The van der Waals surface area contributed by atoms with E-state index in [0.29, 0.717) is 28.5 Å². The number of benzene rings is 1. The van der Waals surface area contributed by atoms with E-state index in [4.69, 9.17) is 21.3 Å². The third kappa shape index (κ3) is 5.24. The Morgan fingerprint density at radius 2 is 2.14 bits per heavy atom. The van der Waals surface area contributed by atoms with E-state index in [1.54, 1.807) is 12.3 Å². The Hall–Kier alpha value is -3.36. The number of piperidine rings is 1. The Balaban J connectivity index is 1.28. The highest BCUT2D eigenvalue weighted by atomic mass is 35.5. The monoisotopic (exact) mass is 507 g/mol. The summed E-state index contributed by atoms with van der Waals surface area (Å²) in [4.78, 5) is 28.0. The van der Waals surface area contributed by atoms with E-state index in [1.165, 1.54) is 19.2 Å². The van der Waals surface area contributed by atoms with Gasteiger partial charge >= 0.3 is 5.97 Å². The zero-order valence-corrected chi connectivity index (χ0v) is 20.8. The van der Waals surface area contributed by atoms with Gasteiger partial charge in [0, 0.05) is 35.8 Å². The molecule has 1 fully saturated rings. The van der Waals surface area contributed by atoms with Crippen molar-refractivity contribution in [2.45, 2.75) is 12.8 Å². The summed E-state index contributed by atoms with van der Waals surface area (Å²) in [7, 11) is 1.45. The Kier molecular flexibility index (Phi) is 7.25. The Morgan fingerprint density at radius 3 is 3.00 bits per heavy atom. The number of anilines is 1. The van der Waals surface area contributed by atoms with Crippen LogP contribution in [0.4, 0.5) is 10.1 Å². The normalized spacial score (nSPS) is 18.1. The smallest absolute Gasteiger partial charge is 0.309 e. The van der Waals surface area contributed by atoms with Gasteiger partial charge in [-0.1, -0.05) is 17.7 Å². The average Bonchev–Trinajstić information content (AvgIpc) is 3.39. The van der Waals surface area contributed by atoms with Crippen LogP contribution in [0, 0.1) is 11.7 Å². The maximum absolute atomic E-state index is 14.5. The zero-order valence-electron chi connectivity index (χ0n) is 20.0. The number of hydrogen-bond acceptors (Lipinski definition) is 7. The summed E-state index contributed by atoms with van der Waals surface area (Å²) < 4.78 is 19.4. The summed E-state index contributed by atoms with van der Waals surface area (Å²) in [5, 5.41) is 3.87. The third-order valence-electron chi connectivity index (χ3n) is 6.59. The van der Waals surface area contributed by atoms with Crippen LogP contribution in [0.25, 0.3) is 16.6 Å². The third-order valence-corrected chi connectivity index (χ3v) is 6.83. The number of fused-ring (bicyclic) bond motifs is 1. The number of aromatic nitrogens is 2. The van der Waals surface area contributed by atoms with Gasteiger partial charge in [0.2, 0.25) is 0 Å².